The molecule has 0 unspecified atom stereocenters. The highest BCUT2D eigenvalue weighted by Gasteiger charge is 2.18. The predicted molar refractivity (Wildman–Crippen MR) is 66.1 cm³/mol. The highest BCUT2D eigenvalue weighted by atomic mass is 79.9. The molecule has 1 rings (SSSR count). The summed E-state index contributed by atoms with van der Waals surface area (Å²) in [7, 11) is 3.20. The van der Waals surface area contributed by atoms with Crippen molar-refractivity contribution in [2.75, 3.05) is 40.5 Å². The Morgan fingerprint density at radius 2 is 1.88 bits per heavy atom. The molecule has 0 saturated carbocycles. The number of carbonyl (C=O) groups excluding carboxylic acids is 1. The van der Waals surface area contributed by atoms with Crippen molar-refractivity contribution < 1.29 is 18.7 Å². The summed E-state index contributed by atoms with van der Waals surface area (Å²) in [6, 6.07) is 3.33. The average molecular weight is 306 g/mol. The SMILES string of the molecule is COCCN(CCOC)C(=O)c1ccc(Br)o1. The topological polar surface area (TPSA) is 51.9 Å². The first-order valence-electron chi connectivity index (χ1n) is 5.21. The summed E-state index contributed by atoms with van der Waals surface area (Å²) in [5, 5.41) is 0. The molecule has 0 saturated heterocycles. The van der Waals surface area contributed by atoms with Gasteiger partial charge in [0.15, 0.2) is 10.4 Å². The molecule has 5 nitrogen and oxygen atoms in total. The zero-order valence-corrected chi connectivity index (χ0v) is 11.5. The number of methoxy groups -OCH3 is 2. The average Bonchev–Trinajstić information content (AvgIpc) is 2.75. The van der Waals surface area contributed by atoms with Crippen LogP contribution in [0.15, 0.2) is 21.2 Å². The second-order valence-corrected chi connectivity index (χ2v) is 4.16. The van der Waals surface area contributed by atoms with E-state index in [9.17, 15) is 4.79 Å². The summed E-state index contributed by atoms with van der Waals surface area (Å²) >= 11 is 3.17. The first-order chi connectivity index (χ1) is 8.19. The number of hydrogen-bond acceptors (Lipinski definition) is 4. The molecule has 1 aromatic rings. The van der Waals surface area contributed by atoms with Crippen LogP contribution in [0.1, 0.15) is 10.6 Å². The number of amides is 1. The van der Waals surface area contributed by atoms with Crippen LogP contribution in [0.25, 0.3) is 0 Å². The Bertz CT molecular complexity index is 345. The molecule has 0 spiro atoms. The maximum atomic E-state index is 12.1. The van der Waals surface area contributed by atoms with Crippen LogP contribution in [0.2, 0.25) is 0 Å². The summed E-state index contributed by atoms with van der Waals surface area (Å²) in [4.78, 5) is 13.7. The number of carbonyl (C=O) groups is 1. The number of hydrogen-bond donors (Lipinski definition) is 0. The largest absolute Gasteiger partial charge is 0.444 e. The van der Waals surface area contributed by atoms with Crippen molar-refractivity contribution in [2.45, 2.75) is 0 Å². The van der Waals surface area contributed by atoms with E-state index in [1.807, 2.05) is 0 Å². The van der Waals surface area contributed by atoms with Crippen molar-refractivity contribution in [3.05, 3.63) is 22.6 Å². The number of ether oxygens (including phenoxy) is 2. The van der Waals surface area contributed by atoms with Crippen LogP contribution in [0.3, 0.4) is 0 Å². The summed E-state index contributed by atoms with van der Waals surface area (Å²) in [6.45, 7) is 1.99. The number of halogens is 1. The minimum absolute atomic E-state index is 0.162. The van der Waals surface area contributed by atoms with E-state index in [-0.39, 0.29) is 5.91 Å². The highest BCUT2D eigenvalue weighted by Crippen LogP contribution is 2.15. The molecule has 0 radical (unpaired) electrons. The molecule has 0 atom stereocenters. The second kappa shape index (κ2) is 7.47. The first kappa shape index (κ1) is 14.2. The van der Waals surface area contributed by atoms with Gasteiger partial charge in [0.1, 0.15) is 0 Å². The van der Waals surface area contributed by atoms with Gasteiger partial charge in [-0.05, 0) is 28.1 Å². The minimum atomic E-state index is -0.162. The highest BCUT2D eigenvalue weighted by molar-refractivity contribution is 9.10. The van der Waals surface area contributed by atoms with Crippen LogP contribution in [0.5, 0.6) is 0 Å². The maximum Gasteiger partial charge on any atom is 0.289 e. The van der Waals surface area contributed by atoms with Gasteiger partial charge in [-0.3, -0.25) is 4.79 Å². The molecule has 1 aromatic heterocycles. The Hall–Kier alpha value is -0.850. The molecule has 0 aliphatic heterocycles. The predicted octanol–water partition coefficient (Wildman–Crippen LogP) is 1.78. The van der Waals surface area contributed by atoms with Gasteiger partial charge in [-0.25, -0.2) is 0 Å². The fourth-order valence-electron chi connectivity index (χ4n) is 1.30. The van der Waals surface area contributed by atoms with Crippen LogP contribution in [0.4, 0.5) is 0 Å². The third-order valence-corrected chi connectivity index (χ3v) is 2.63. The molecule has 17 heavy (non-hydrogen) atoms. The third kappa shape index (κ3) is 4.49. The molecular formula is C11H16BrNO4. The van der Waals surface area contributed by atoms with Crippen molar-refractivity contribution in [2.24, 2.45) is 0 Å². The number of rotatable bonds is 7. The number of furan rings is 1. The Morgan fingerprint density at radius 1 is 1.29 bits per heavy atom. The van der Waals surface area contributed by atoms with E-state index in [0.29, 0.717) is 36.7 Å². The van der Waals surface area contributed by atoms with Gasteiger partial charge in [-0.15, -0.1) is 0 Å². The third-order valence-electron chi connectivity index (χ3n) is 2.20. The molecule has 1 heterocycles. The molecule has 0 fully saturated rings. The summed E-state index contributed by atoms with van der Waals surface area (Å²) in [6.07, 6.45) is 0. The van der Waals surface area contributed by atoms with Gasteiger partial charge in [0.25, 0.3) is 5.91 Å². The quantitative estimate of drug-likeness (QED) is 0.770. The molecule has 96 valence electrons. The van der Waals surface area contributed by atoms with Crippen LogP contribution >= 0.6 is 15.9 Å². The van der Waals surface area contributed by atoms with E-state index in [1.165, 1.54) is 0 Å². The van der Waals surface area contributed by atoms with Crippen LogP contribution < -0.4 is 0 Å². The normalized spacial score (nSPS) is 10.5. The summed E-state index contributed by atoms with van der Waals surface area (Å²) < 4.78 is 15.7. The standard InChI is InChI=1S/C11H16BrNO4/c1-15-7-5-13(6-8-16-2)11(14)9-3-4-10(12)17-9/h3-4H,5-8H2,1-2H3. The molecule has 0 bridgehead atoms. The van der Waals surface area contributed by atoms with E-state index >= 15 is 0 Å². The lowest BCUT2D eigenvalue weighted by Crippen LogP contribution is -2.36. The van der Waals surface area contributed by atoms with E-state index in [2.05, 4.69) is 15.9 Å². The first-order valence-corrected chi connectivity index (χ1v) is 6.00. The van der Waals surface area contributed by atoms with E-state index < -0.39 is 0 Å². The zero-order valence-electron chi connectivity index (χ0n) is 9.94. The minimum Gasteiger partial charge on any atom is -0.444 e. The van der Waals surface area contributed by atoms with Gasteiger partial charge in [-0.1, -0.05) is 0 Å². The Morgan fingerprint density at radius 3 is 2.29 bits per heavy atom. The number of nitrogens with zero attached hydrogens (tertiary/aromatic N) is 1. The molecular weight excluding hydrogens is 290 g/mol. The molecule has 0 aliphatic carbocycles. The van der Waals surface area contributed by atoms with E-state index in [0.717, 1.165) is 0 Å². The lowest BCUT2D eigenvalue weighted by atomic mass is 10.3. The lowest BCUT2D eigenvalue weighted by Gasteiger charge is -2.20. The smallest absolute Gasteiger partial charge is 0.289 e. The molecule has 0 aromatic carbocycles. The van der Waals surface area contributed by atoms with Gasteiger partial charge in [0.2, 0.25) is 0 Å². The molecule has 1 amide bonds. The van der Waals surface area contributed by atoms with Crippen molar-refractivity contribution >= 4 is 21.8 Å². The maximum absolute atomic E-state index is 12.1. The monoisotopic (exact) mass is 305 g/mol. The second-order valence-electron chi connectivity index (χ2n) is 3.38. The van der Waals surface area contributed by atoms with E-state index in [1.54, 1.807) is 31.3 Å². The van der Waals surface area contributed by atoms with Gasteiger partial charge >= 0.3 is 0 Å². The van der Waals surface area contributed by atoms with Gasteiger partial charge in [-0.2, -0.15) is 0 Å². The van der Waals surface area contributed by atoms with Crippen LogP contribution in [-0.4, -0.2) is 51.3 Å². The van der Waals surface area contributed by atoms with Gasteiger partial charge in [0, 0.05) is 27.3 Å². The van der Waals surface area contributed by atoms with Crippen molar-refractivity contribution in [1.29, 1.82) is 0 Å². The van der Waals surface area contributed by atoms with Gasteiger partial charge < -0.3 is 18.8 Å². The Kier molecular flexibility index (Phi) is 6.25. The van der Waals surface area contributed by atoms with Crippen LogP contribution in [-0.2, 0) is 9.47 Å². The van der Waals surface area contributed by atoms with Gasteiger partial charge in [0.05, 0.1) is 13.2 Å². The molecule has 0 aliphatic rings. The molecule has 6 heteroatoms. The van der Waals surface area contributed by atoms with Crippen molar-refractivity contribution in [1.82, 2.24) is 4.90 Å². The fraction of sp³-hybridized carbons (Fsp3) is 0.545. The lowest BCUT2D eigenvalue weighted by molar-refractivity contribution is 0.0597. The van der Waals surface area contributed by atoms with Crippen molar-refractivity contribution in [3.63, 3.8) is 0 Å². The Balaban J connectivity index is 2.64. The van der Waals surface area contributed by atoms with Crippen molar-refractivity contribution in [3.8, 4) is 0 Å². The zero-order chi connectivity index (χ0) is 12.7. The Labute approximate surface area is 109 Å². The summed E-state index contributed by atoms with van der Waals surface area (Å²) in [5.74, 6) is 0.147. The summed E-state index contributed by atoms with van der Waals surface area (Å²) in [5.41, 5.74) is 0. The fourth-order valence-corrected chi connectivity index (χ4v) is 1.61. The molecule has 0 N–H and O–H groups in total. The van der Waals surface area contributed by atoms with Crippen LogP contribution in [0, 0.1) is 0 Å². The van der Waals surface area contributed by atoms with E-state index in [4.69, 9.17) is 13.9 Å².